The molecule has 0 saturated heterocycles. The zero-order valence-corrected chi connectivity index (χ0v) is 19.3. The van der Waals surface area contributed by atoms with Gasteiger partial charge >= 0.3 is 0 Å². The van der Waals surface area contributed by atoms with Crippen LogP contribution in [-0.2, 0) is 6.42 Å². The first-order chi connectivity index (χ1) is 12.7. The molecule has 0 bridgehead atoms. The fourth-order valence-corrected chi connectivity index (χ4v) is 2.90. The number of nitrogens with zero attached hydrogens (tertiary/aromatic N) is 4. The van der Waals surface area contributed by atoms with Crippen LogP contribution >= 0.6 is 24.0 Å². The maximum absolute atomic E-state index is 4.68. The zero-order chi connectivity index (χ0) is 18.6. The first kappa shape index (κ1) is 23.7. The Kier molecular flexibility index (Phi) is 12.0. The second-order valence-electron chi connectivity index (χ2n) is 7.08. The van der Waals surface area contributed by atoms with Crippen molar-refractivity contribution < 1.29 is 0 Å². The molecular formula is C20H35IN6. The number of aliphatic imine (C=N–C) groups is 1. The monoisotopic (exact) mass is 486 g/mol. The summed E-state index contributed by atoms with van der Waals surface area (Å²) >= 11 is 0. The van der Waals surface area contributed by atoms with Crippen LogP contribution in [0.3, 0.4) is 0 Å². The standard InChI is InChI=1S/C20H34N6.HI/c1-4-21-20(22-14-9-6-5-7-11-17(2)3)23-15-13-19-25-24-18-12-8-10-16-26(18)19;/h8,10,12,16-17H,4-7,9,11,13-15H2,1-3H3,(H2,21,22,23);1H. The van der Waals surface area contributed by atoms with E-state index in [-0.39, 0.29) is 24.0 Å². The summed E-state index contributed by atoms with van der Waals surface area (Å²) in [6, 6.07) is 5.95. The minimum atomic E-state index is 0. The number of unbranched alkanes of at least 4 members (excludes halogenated alkanes) is 3. The SMILES string of the molecule is CCNC(=NCCCCCCC(C)C)NCCc1nnc2ccccn12.I. The molecule has 0 fully saturated rings. The number of pyridine rings is 1. The van der Waals surface area contributed by atoms with E-state index in [2.05, 4.69) is 46.6 Å². The van der Waals surface area contributed by atoms with Crippen LogP contribution in [-0.4, -0.2) is 40.2 Å². The molecule has 2 heterocycles. The maximum atomic E-state index is 4.68. The van der Waals surface area contributed by atoms with E-state index in [4.69, 9.17) is 0 Å². The van der Waals surface area contributed by atoms with E-state index < -0.39 is 0 Å². The topological polar surface area (TPSA) is 66.6 Å². The van der Waals surface area contributed by atoms with E-state index in [1.165, 1.54) is 25.7 Å². The molecule has 0 aromatic carbocycles. The van der Waals surface area contributed by atoms with Gasteiger partial charge in [-0.15, -0.1) is 34.2 Å². The molecule has 152 valence electrons. The van der Waals surface area contributed by atoms with Gasteiger partial charge in [0.05, 0.1) is 0 Å². The molecule has 0 aliphatic rings. The number of aromatic nitrogens is 3. The second kappa shape index (κ2) is 13.7. The second-order valence-corrected chi connectivity index (χ2v) is 7.08. The molecule has 0 atom stereocenters. The summed E-state index contributed by atoms with van der Waals surface area (Å²) in [5.41, 5.74) is 0.889. The van der Waals surface area contributed by atoms with Gasteiger partial charge in [0.1, 0.15) is 5.82 Å². The van der Waals surface area contributed by atoms with E-state index in [0.717, 1.165) is 55.8 Å². The van der Waals surface area contributed by atoms with Gasteiger partial charge in [-0.25, -0.2) is 0 Å². The van der Waals surface area contributed by atoms with Crippen LogP contribution in [0.2, 0.25) is 0 Å². The molecule has 27 heavy (non-hydrogen) atoms. The van der Waals surface area contributed by atoms with E-state index in [0.29, 0.717) is 0 Å². The Labute approximate surface area is 180 Å². The number of fused-ring (bicyclic) bond motifs is 1. The smallest absolute Gasteiger partial charge is 0.191 e. The Bertz CT molecular complexity index is 667. The summed E-state index contributed by atoms with van der Waals surface area (Å²) in [6.07, 6.45) is 9.23. The van der Waals surface area contributed by atoms with Gasteiger partial charge in [-0.2, -0.15) is 0 Å². The number of hydrogen-bond donors (Lipinski definition) is 2. The van der Waals surface area contributed by atoms with E-state index in [9.17, 15) is 0 Å². The van der Waals surface area contributed by atoms with Crippen LogP contribution in [0.25, 0.3) is 5.65 Å². The number of nitrogens with one attached hydrogen (secondary N) is 2. The van der Waals surface area contributed by atoms with Gasteiger partial charge < -0.3 is 10.6 Å². The molecule has 0 spiro atoms. The molecule has 2 N–H and O–H groups in total. The third-order valence-electron chi connectivity index (χ3n) is 4.33. The van der Waals surface area contributed by atoms with Crippen molar-refractivity contribution in [3.05, 3.63) is 30.2 Å². The average molecular weight is 486 g/mol. The van der Waals surface area contributed by atoms with Crippen molar-refractivity contribution in [1.29, 1.82) is 0 Å². The van der Waals surface area contributed by atoms with Crippen LogP contribution in [0.1, 0.15) is 58.7 Å². The van der Waals surface area contributed by atoms with E-state index in [1.807, 2.05) is 28.8 Å². The summed E-state index contributed by atoms with van der Waals surface area (Å²) in [6.45, 7) is 9.21. The van der Waals surface area contributed by atoms with Crippen molar-refractivity contribution in [3.63, 3.8) is 0 Å². The molecule has 7 heteroatoms. The van der Waals surface area contributed by atoms with Crippen LogP contribution < -0.4 is 10.6 Å². The lowest BCUT2D eigenvalue weighted by Gasteiger charge is -2.11. The van der Waals surface area contributed by atoms with Crippen molar-refractivity contribution in [3.8, 4) is 0 Å². The highest BCUT2D eigenvalue weighted by molar-refractivity contribution is 14.0. The lowest BCUT2D eigenvalue weighted by Crippen LogP contribution is -2.38. The van der Waals surface area contributed by atoms with Crippen molar-refractivity contribution >= 4 is 35.6 Å². The minimum Gasteiger partial charge on any atom is -0.357 e. The molecule has 0 saturated carbocycles. The number of rotatable bonds is 11. The molecule has 0 unspecified atom stereocenters. The van der Waals surface area contributed by atoms with Gasteiger partial charge in [0.2, 0.25) is 0 Å². The van der Waals surface area contributed by atoms with Crippen LogP contribution in [0.5, 0.6) is 0 Å². The number of guanidine groups is 1. The molecule has 0 amide bonds. The van der Waals surface area contributed by atoms with Crippen molar-refractivity contribution in [2.24, 2.45) is 10.9 Å². The van der Waals surface area contributed by atoms with E-state index >= 15 is 0 Å². The molecule has 2 aromatic heterocycles. The Morgan fingerprint density at radius 2 is 1.93 bits per heavy atom. The maximum Gasteiger partial charge on any atom is 0.191 e. The van der Waals surface area contributed by atoms with Crippen LogP contribution in [0, 0.1) is 5.92 Å². The summed E-state index contributed by atoms with van der Waals surface area (Å²) in [7, 11) is 0. The third-order valence-corrected chi connectivity index (χ3v) is 4.33. The van der Waals surface area contributed by atoms with Crippen molar-refractivity contribution in [2.75, 3.05) is 19.6 Å². The Morgan fingerprint density at radius 1 is 1.11 bits per heavy atom. The van der Waals surface area contributed by atoms with Gasteiger partial charge in [-0.1, -0.05) is 45.6 Å². The van der Waals surface area contributed by atoms with Gasteiger partial charge in [0.25, 0.3) is 0 Å². The Balaban J connectivity index is 0.00000364. The minimum absolute atomic E-state index is 0. The van der Waals surface area contributed by atoms with Crippen molar-refractivity contribution in [1.82, 2.24) is 25.2 Å². The highest BCUT2D eigenvalue weighted by Crippen LogP contribution is 2.09. The first-order valence-corrected chi connectivity index (χ1v) is 10.0. The zero-order valence-electron chi connectivity index (χ0n) is 16.9. The Hall–Kier alpha value is -1.38. The summed E-state index contributed by atoms with van der Waals surface area (Å²) < 4.78 is 2.03. The summed E-state index contributed by atoms with van der Waals surface area (Å²) in [5.74, 6) is 2.68. The van der Waals surface area contributed by atoms with Crippen LogP contribution in [0.4, 0.5) is 0 Å². The highest BCUT2D eigenvalue weighted by atomic mass is 127. The normalized spacial score (nSPS) is 11.6. The molecule has 6 nitrogen and oxygen atoms in total. The highest BCUT2D eigenvalue weighted by Gasteiger charge is 2.04. The summed E-state index contributed by atoms with van der Waals surface area (Å²) in [5, 5.41) is 15.2. The largest absolute Gasteiger partial charge is 0.357 e. The van der Waals surface area contributed by atoms with Gasteiger partial charge in [-0.3, -0.25) is 9.39 Å². The predicted octanol–water partition coefficient (Wildman–Crippen LogP) is 4.05. The molecular weight excluding hydrogens is 451 g/mol. The number of halogens is 1. The Morgan fingerprint density at radius 3 is 2.70 bits per heavy atom. The molecule has 2 rings (SSSR count). The molecule has 0 aliphatic heterocycles. The summed E-state index contributed by atoms with van der Waals surface area (Å²) in [4.78, 5) is 4.68. The average Bonchev–Trinajstić information content (AvgIpc) is 3.04. The first-order valence-electron chi connectivity index (χ1n) is 10.0. The van der Waals surface area contributed by atoms with Gasteiger partial charge in [0.15, 0.2) is 11.6 Å². The van der Waals surface area contributed by atoms with Gasteiger partial charge in [-0.05, 0) is 31.4 Å². The fourth-order valence-electron chi connectivity index (χ4n) is 2.90. The predicted molar refractivity (Wildman–Crippen MR) is 124 cm³/mol. The lowest BCUT2D eigenvalue weighted by atomic mass is 10.0. The van der Waals surface area contributed by atoms with Crippen molar-refractivity contribution in [2.45, 2.75) is 59.3 Å². The fraction of sp³-hybridized carbons (Fsp3) is 0.650. The van der Waals surface area contributed by atoms with E-state index in [1.54, 1.807) is 0 Å². The molecule has 0 aliphatic carbocycles. The lowest BCUT2D eigenvalue weighted by molar-refractivity contribution is 0.521. The van der Waals surface area contributed by atoms with Crippen LogP contribution in [0.15, 0.2) is 29.4 Å². The molecule has 2 aromatic rings. The number of hydrogen-bond acceptors (Lipinski definition) is 3. The third kappa shape index (κ3) is 8.90. The molecule has 0 radical (unpaired) electrons. The van der Waals surface area contributed by atoms with Gasteiger partial charge in [0, 0.05) is 32.3 Å². The quantitative estimate of drug-likeness (QED) is 0.218.